The molecule has 1 heterocycles. The summed E-state index contributed by atoms with van der Waals surface area (Å²) in [7, 11) is -3.35. The van der Waals surface area contributed by atoms with E-state index in [4.69, 9.17) is 0 Å². The normalized spacial score (nSPS) is 20.4. The van der Waals surface area contributed by atoms with Crippen molar-refractivity contribution in [3.63, 3.8) is 0 Å². The van der Waals surface area contributed by atoms with Crippen LogP contribution in [0.25, 0.3) is 6.08 Å². The van der Waals surface area contributed by atoms with Crippen LogP contribution in [0.4, 0.5) is 0 Å². The van der Waals surface area contributed by atoms with Crippen LogP contribution in [0, 0.1) is 0 Å². The number of phenols is 1. The highest BCUT2D eigenvalue weighted by Crippen LogP contribution is 2.40. The molecular formula is C20H31NO3S. The monoisotopic (exact) mass is 365 g/mol. The first-order valence-corrected chi connectivity index (χ1v) is 10.3. The summed E-state index contributed by atoms with van der Waals surface area (Å²) < 4.78 is 26.6. The molecule has 1 aliphatic rings. The lowest BCUT2D eigenvalue weighted by molar-refractivity contribution is 0.423. The van der Waals surface area contributed by atoms with Crippen molar-refractivity contribution in [2.24, 2.45) is 0 Å². The Morgan fingerprint density at radius 3 is 1.92 bits per heavy atom. The van der Waals surface area contributed by atoms with Gasteiger partial charge < -0.3 is 5.11 Å². The van der Waals surface area contributed by atoms with Crippen LogP contribution >= 0.6 is 0 Å². The number of nitrogens with zero attached hydrogens (tertiary/aromatic N) is 1. The molecule has 1 fully saturated rings. The molecule has 0 radical (unpaired) electrons. The molecule has 4 nitrogen and oxygen atoms in total. The topological polar surface area (TPSA) is 57.6 Å². The molecule has 1 aliphatic heterocycles. The van der Waals surface area contributed by atoms with Crippen LogP contribution in [0.5, 0.6) is 5.75 Å². The van der Waals surface area contributed by atoms with Crippen molar-refractivity contribution >= 4 is 16.1 Å². The molecule has 5 heteroatoms. The minimum atomic E-state index is -3.35. The Balaban J connectivity index is 2.66. The Hall–Kier alpha value is -1.33. The second-order valence-electron chi connectivity index (χ2n) is 8.82. The predicted molar refractivity (Wildman–Crippen MR) is 104 cm³/mol. The second kappa shape index (κ2) is 6.44. The molecule has 1 N–H and O–H groups in total. The Morgan fingerprint density at radius 1 is 1.08 bits per heavy atom. The number of hydrogen-bond donors (Lipinski definition) is 1. The van der Waals surface area contributed by atoms with Crippen LogP contribution in [0.2, 0.25) is 0 Å². The lowest BCUT2D eigenvalue weighted by Gasteiger charge is -2.28. The minimum Gasteiger partial charge on any atom is -0.507 e. The van der Waals surface area contributed by atoms with Crippen molar-refractivity contribution in [3.8, 4) is 5.75 Å². The fraction of sp³-hybridized carbons (Fsp3) is 0.600. The maximum absolute atomic E-state index is 12.6. The highest BCUT2D eigenvalue weighted by Gasteiger charge is 2.33. The van der Waals surface area contributed by atoms with Crippen molar-refractivity contribution in [3.05, 3.63) is 33.7 Å². The van der Waals surface area contributed by atoms with E-state index >= 15 is 0 Å². The van der Waals surface area contributed by atoms with Crippen molar-refractivity contribution in [1.82, 2.24) is 4.31 Å². The summed E-state index contributed by atoms with van der Waals surface area (Å²) >= 11 is 0. The van der Waals surface area contributed by atoms with E-state index in [2.05, 4.69) is 41.5 Å². The largest absolute Gasteiger partial charge is 0.507 e. The molecule has 0 saturated carbocycles. The first kappa shape index (κ1) is 20.0. The summed E-state index contributed by atoms with van der Waals surface area (Å²) in [5.74, 6) is 0.312. The third-order valence-electron chi connectivity index (χ3n) is 4.71. The first-order valence-electron chi connectivity index (χ1n) is 8.87. The van der Waals surface area contributed by atoms with Crippen molar-refractivity contribution in [2.45, 2.75) is 65.7 Å². The van der Waals surface area contributed by atoms with Gasteiger partial charge in [-0.15, -0.1) is 0 Å². The summed E-state index contributed by atoms with van der Waals surface area (Å²) in [5, 5.41) is 10.8. The predicted octanol–water partition coefficient (Wildman–Crippen LogP) is 4.38. The Kier molecular flexibility index (Phi) is 5.15. The lowest BCUT2D eigenvalue weighted by Crippen LogP contribution is -2.24. The third kappa shape index (κ3) is 3.93. The number of sulfonamides is 1. The number of rotatable bonds is 2. The van der Waals surface area contributed by atoms with Gasteiger partial charge in [0.15, 0.2) is 0 Å². The van der Waals surface area contributed by atoms with Gasteiger partial charge in [0.2, 0.25) is 10.0 Å². The van der Waals surface area contributed by atoms with Crippen LogP contribution in [-0.4, -0.2) is 30.9 Å². The van der Waals surface area contributed by atoms with E-state index in [1.807, 2.05) is 19.1 Å². The molecule has 1 aromatic carbocycles. The number of hydrogen-bond acceptors (Lipinski definition) is 3. The fourth-order valence-electron chi connectivity index (χ4n) is 3.19. The molecule has 1 saturated heterocycles. The first-order chi connectivity index (χ1) is 11.3. The molecule has 0 bridgehead atoms. The van der Waals surface area contributed by atoms with Gasteiger partial charge in [-0.3, -0.25) is 0 Å². The maximum atomic E-state index is 12.6. The van der Waals surface area contributed by atoms with Crippen LogP contribution in [0.3, 0.4) is 0 Å². The summed E-state index contributed by atoms with van der Waals surface area (Å²) in [6.07, 6.45) is 2.31. The van der Waals surface area contributed by atoms with Gasteiger partial charge in [0, 0.05) is 24.2 Å². The zero-order chi connectivity index (χ0) is 19.2. The Labute approximate surface area is 152 Å². The number of phenolic OH excluding ortho intramolecular Hbond substituents is 1. The second-order valence-corrected chi connectivity index (χ2v) is 10.8. The SMILES string of the molecule is CCN1CC/C(=C/c2cc(C(C)(C)C)c(O)c(C(C)(C)C)c2)S1(=O)=O. The van der Waals surface area contributed by atoms with Crippen molar-refractivity contribution in [2.75, 3.05) is 13.1 Å². The van der Waals surface area contributed by atoms with E-state index < -0.39 is 10.0 Å². The molecular weight excluding hydrogens is 334 g/mol. The smallest absolute Gasteiger partial charge is 0.239 e. The highest BCUT2D eigenvalue weighted by atomic mass is 32.2. The van der Waals surface area contributed by atoms with Gasteiger partial charge in [0.1, 0.15) is 5.75 Å². The fourth-order valence-corrected chi connectivity index (χ4v) is 4.83. The van der Waals surface area contributed by atoms with E-state index in [-0.39, 0.29) is 10.8 Å². The van der Waals surface area contributed by atoms with Gasteiger partial charge in [-0.05, 0) is 41.0 Å². The third-order valence-corrected chi connectivity index (χ3v) is 6.81. The van der Waals surface area contributed by atoms with E-state index in [1.165, 1.54) is 4.31 Å². The molecule has 1 aromatic rings. The number of aromatic hydroxyl groups is 1. The molecule has 0 unspecified atom stereocenters. The quantitative estimate of drug-likeness (QED) is 0.846. The summed E-state index contributed by atoms with van der Waals surface area (Å²) in [5.41, 5.74) is 2.05. The van der Waals surface area contributed by atoms with E-state index in [9.17, 15) is 13.5 Å². The van der Waals surface area contributed by atoms with Crippen LogP contribution < -0.4 is 0 Å². The van der Waals surface area contributed by atoms with Gasteiger partial charge in [0.25, 0.3) is 0 Å². The molecule has 0 aromatic heterocycles. The van der Waals surface area contributed by atoms with Crippen LogP contribution in [-0.2, 0) is 20.9 Å². The molecule has 140 valence electrons. The average molecular weight is 366 g/mol. The van der Waals surface area contributed by atoms with Crippen LogP contribution in [0.15, 0.2) is 17.0 Å². The zero-order valence-electron chi connectivity index (χ0n) is 16.5. The van der Waals surface area contributed by atoms with Gasteiger partial charge in [-0.1, -0.05) is 48.5 Å². The van der Waals surface area contributed by atoms with Crippen molar-refractivity contribution in [1.29, 1.82) is 0 Å². The highest BCUT2D eigenvalue weighted by molar-refractivity contribution is 7.93. The lowest BCUT2D eigenvalue weighted by atomic mass is 9.78. The van der Waals surface area contributed by atoms with Gasteiger partial charge in [0.05, 0.1) is 4.91 Å². The Bertz CT molecular complexity index is 758. The van der Waals surface area contributed by atoms with E-state index in [0.29, 0.717) is 30.2 Å². The molecule has 2 rings (SSSR count). The van der Waals surface area contributed by atoms with E-state index in [0.717, 1.165) is 16.7 Å². The molecule has 0 spiro atoms. The molecule has 0 aliphatic carbocycles. The molecule has 25 heavy (non-hydrogen) atoms. The van der Waals surface area contributed by atoms with Crippen molar-refractivity contribution < 1.29 is 13.5 Å². The van der Waals surface area contributed by atoms with Gasteiger partial charge in [-0.2, -0.15) is 4.31 Å². The summed E-state index contributed by atoms with van der Waals surface area (Å²) in [6, 6.07) is 3.84. The average Bonchev–Trinajstić information content (AvgIpc) is 2.72. The molecule has 0 amide bonds. The van der Waals surface area contributed by atoms with Gasteiger partial charge in [-0.25, -0.2) is 8.42 Å². The Morgan fingerprint density at radius 2 is 1.56 bits per heavy atom. The standard InChI is InChI=1S/C20H31NO3S/c1-8-21-10-9-15(25(21,23)24)11-14-12-16(19(2,3)4)18(22)17(13-14)20(5,6)7/h11-13,22H,8-10H2,1-7H3/b15-11-. The zero-order valence-corrected chi connectivity index (χ0v) is 17.3. The van der Waals surface area contributed by atoms with E-state index in [1.54, 1.807) is 6.08 Å². The summed E-state index contributed by atoms with van der Waals surface area (Å²) in [4.78, 5) is 0.458. The van der Waals surface area contributed by atoms with Crippen LogP contribution in [0.1, 0.15) is 71.6 Å². The number of benzene rings is 1. The maximum Gasteiger partial charge on any atom is 0.239 e. The molecule has 0 atom stereocenters. The van der Waals surface area contributed by atoms with Gasteiger partial charge >= 0.3 is 0 Å². The minimum absolute atomic E-state index is 0.234. The summed E-state index contributed by atoms with van der Waals surface area (Å²) in [6.45, 7) is 15.2.